The van der Waals surface area contributed by atoms with E-state index < -0.39 is 8.07 Å². The van der Waals surface area contributed by atoms with Crippen molar-refractivity contribution in [3.8, 4) is 0 Å². The Bertz CT molecular complexity index is 409. The zero-order chi connectivity index (χ0) is 15.2. The highest BCUT2D eigenvalue weighted by molar-refractivity contribution is 7.63. The number of allylic oxidation sites excluding steroid dienone is 7. The number of rotatable bonds is 10. The van der Waals surface area contributed by atoms with Crippen LogP contribution < -0.4 is 5.09 Å². The summed E-state index contributed by atoms with van der Waals surface area (Å²) >= 11 is 0. The van der Waals surface area contributed by atoms with Crippen molar-refractivity contribution in [1.82, 2.24) is 5.09 Å². The molecule has 0 rings (SSSR count). The van der Waals surface area contributed by atoms with E-state index in [9.17, 15) is 0 Å². The van der Waals surface area contributed by atoms with Gasteiger partial charge in [0.05, 0.1) is 20.5 Å². The fourth-order valence-electron chi connectivity index (χ4n) is 1.33. The molecule has 0 aromatic heterocycles. The summed E-state index contributed by atoms with van der Waals surface area (Å²) in [5.41, 5.74) is 0. The molecule has 0 spiro atoms. The second kappa shape index (κ2) is 12.5. The van der Waals surface area contributed by atoms with Gasteiger partial charge in [0.2, 0.25) is 0 Å². The largest absolute Gasteiger partial charge is 0.505 e. The molecule has 0 saturated carbocycles. The number of nitrogens with one attached hydrogen (secondary N) is 1. The maximum Gasteiger partial charge on any atom is 0.127 e. The molecule has 4 heteroatoms. The molecule has 20 heavy (non-hydrogen) atoms. The molecule has 0 fully saturated rings. The quantitative estimate of drug-likeness (QED) is 0.366. The smallest absolute Gasteiger partial charge is 0.127 e. The van der Waals surface area contributed by atoms with E-state index in [0.29, 0.717) is 0 Å². The van der Waals surface area contributed by atoms with Gasteiger partial charge in [-0.05, 0) is 31.4 Å². The van der Waals surface area contributed by atoms with Crippen LogP contribution in [0, 0.1) is 0 Å². The Labute approximate surface area is 123 Å². The fraction of sp³-hybridized carbons (Fsp3) is 0.250. The second-order valence-corrected chi connectivity index (χ2v) is 5.65. The van der Waals surface area contributed by atoms with Crippen molar-refractivity contribution in [2.24, 2.45) is 0 Å². The van der Waals surface area contributed by atoms with Crippen LogP contribution in [0.4, 0.5) is 0 Å². The third kappa shape index (κ3) is 7.78. The first-order chi connectivity index (χ1) is 9.71. The molecule has 0 heterocycles. The molecule has 0 aromatic carbocycles. The Morgan fingerprint density at radius 2 is 2.00 bits per heavy atom. The van der Waals surface area contributed by atoms with Crippen LogP contribution in [0.15, 0.2) is 72.8 Å². The van der Waals surface area contributed by atoms with E-state index in [-0.39, 0.29) is 0 Å². The Morgan fingerprint density at radius 3 is 2.55 bits per heavy atom. The normalized spacial score (nSPS) is 14.1. The van der Waals surface area contributed by atoms with Crippen molar-refractivity contribution in [2.45, 2.75) is 6.42 Å². The van der Waals surface area contributed by atoms with Crippen LogP contribution in [-0.2, 0) is 9.47 Å². The first-order valence-electron chi connectivity index (χ1n) is 6.25. The van der Waals surface area contributed by atoms with Gasteiger partial charge in [0, 0.05) is 13.4 Å². The summed E-state index contributed by atoms with van der Waals surface area (Å²) in [5, 5.41) is 4.17. The third-order valence-corrected chi connectivity index (χ3v) is 4.05. The average molecular weight is 293 g/mol. The Balaban J connectivity index is 4.53. The molecular weight excluding hydrogens is 269 g/mol. The first kappa shape index (κ1) is 18.4. The molecule has 3 nitrogen and oxygen atoms in total. The van der Waals surface area contributed by atoms with Crippen LogP contribution >= 0.6 is 8.07 Å². The van der Waals surface area contributed by atoms with Gasteiger partial charge in [-0.25, -0.2) is 0 Å². The summed E-state index contributed by atoms with van der Waals surface area (Å²) in [4.78, 5) is 0. The van der Waals surface area contributed by atoms with E-state index in [0.717, 1.165) is 17.5 Å². The topological polar surface area (TPSA) is 30.5 Å². The van der Waals surface area contributed by atoms with E-state index in [1.807, 2.05) is 31.4 Å². The molecule has 1 unspecified atom stereocenters. The number of hydrogen-bond donors (Lipinski definition) is 1. The summed E-state index contributed by atoms with van der Waals surface area (Å²) < 4.78 is 10.1. The SMILES string of the molecule is C=C/C=C(/OC)C(=C)P(/C=C/C=C\C/C=C/OC)NC. The maximum absolute atomic E-state index is 5.30. The lowest BCUT2D eigenvalue weighted by Crippen LogP contribution is -2.00. The van der Waals surface area contributed by atoms with E-state index >= 15 is 0 Å². The van der Waals surface area contributed by atoms with Crippen molar-refractivity contribution in [2.75, 3.05) is 21.3 Å². The van der Waals surface area contributed by atoms with Gasteiger partial charge in [-0.15, -0.1) is 0 Å². The van der Waals surface area contributed by atoms with Crippen molar-refractivity contribution in [3.05, 3.63) is 72.8 Å². The molecule has 0 saturated heterocycles. The van der Waals surface area contributed by atoms with Crippen LogP contribution in [0.25, 0.3) is 0 Å². The average Bonchev–Trinajstić information content (AvgIpc) is 2.47. The van der Waals surface area contributed by atoms with Crippen molar-refractivity contribution >= 4 is 8.07 Å². The Hall–Kier alpha value is -1.57. The van der Waals surface area contributed by atoms with Gasteiger partial charge >= 0.3 is 0 Å². The molecule has 0 amide bonds. The van der Waals surface area contributed by atoms with Crippen LogP contribution in [-0.4, -0.2) is 21.3 Å². The van der Waals surface area contributed by atoms with Gasteiger partial charge in [0.15, 0.2) is 0 Å². The third-order valence-electron chi connectivity index (χ3n) is 2.29. The Kier molecular flexibility index (Phi) is 11.5. The maximum atomic E-state index is 5.30. The number of hydrogen-bond acceptors (Lipinski definition) is 3. The van der Waals surface area contributed by atoms with Gasteiger partial charge in [0.25, 0.3) is 0 Å². The molecule has 0 aliphatic rings. The lowest BCUT2D eigenvalue weighted by atomic mass is 10.4. The van der Waals surface area contributed by atoms with Gasteiger partial charge in [0.1, 0.15) is 5.76 Å². The monoisotopic (exact) mass is 293 g/mol. The minimum atomic E-state index is -0.664. The van der Waals surface area contributed by atoms with E-state index in [4.69, 9.17) is 9.47 Å². The highest BCUT2D eigenvalue weighted by Gasteiger charge is 2.10. The molecular formula is C16H24NO2P. The summed E-state index contributed by atoms with van der Waals surface area (Å²) in [7, 11) is 4.52. The van der Waals surface area contributed by atoms with Gasteiger partial charge in [-0.2, -0.15) is 0 Å². The highest BCUT2D eigenvalue weighted by atomic mass is 31.1. The molecule has 1 N–H and O–H groups in total. The predicted octanol–water partition coefficient (Wildman–Crippen LogP) is 4.45. The minimum absolute atomic E-state index is 0.664. The fourth-order valence-corrected chi connectivity index (χ4v) is 2.60. The van der Waals surface area contributed by atoms with E-state index in [1.54, 1.807) is 26.6 Å². The highest BCUT2D eigenvalue weighted by Crippen LogP contribution is 2.44. The summed E-state index contributed by atoms with van der Waals surface area (Å²) in [6.45, 7) is 7.75. The van der Waals surface area contributed by atoms with E-state index in [2.05, 4.69) is 30.1 Å². The lowest BCUT2D eigenvalue weighted by Gasteiger charge is -2.16. The molecule has 1 atom stereocenters. The summed E-state index contributed by atoms with van der Waals surface area (Å²) in [6.07, 6.45) is 14.0. The van der Waals surface area contributed by atoms with Crippen molar-refractivity contribution in [3.63, 3.8) is 0 Å². The van der Waals surface area contributed by atoms with Gasteiger partial charge in [-0.1, -0.05) is 37.5 Å². The molecule has 0 aliphatic heterocycles. The van der Waals surface area contributed by atoms with Crippen LogP contribution in [0.5, 0.6) is 0 Å². The first-order valence-corrected chi connectivity index (χ1v) is 7.66. The predicted molar refractivity (Wildman–Crippen MR) is 89.5 cm³/mol. The summed E-state index contributed by atoms with van der Waals surface area (Å²) in [6, 6.07) is 0. The molecule has 0 bridgehead atoms. The molecule has 110 valence electrons. The van der Waals surface area contributed by atoms with Gasteiger partial charge < -0.3 is 9.47 Å². The molecule has 0 aromatic rings. The van der Waals surface area contributed by atoms with Crippen molar-refractivity contribution < 1.29 is 9.47 Å². The lowest BCUT2D eigenvalue weighted by molar-refractivity contribution is 0.305. The van der Waals surface area contributed by atoms with Crippen molar-refractivity contribution in [1.29, 1.82) is 0 Å². The minimum Gasteiger partial charge on any atom is -0.505 e. The number of methoxy groups -OCH3 is 2. The zero-order valence-electron chi connectivity index (χ0n) is 12.5. The summed E-state index contributed by atoms with van der Waals surface area (Å²) in [5.74, 6) is 2.83. The van der Waals surface area contributed by atoms with E-state index in [1.165, 1.54) is 0 Å². The van der Waals surface area contributed by atoms with Crippen LogP contribution in [0.2, 0.25) is 0 Å². The zero-order valence-corrected chi connectivity index (χ0v) is 13.4. The molecule has 0 radical (unpaired) electrons. The standard InChI is InChI=1S/C16H24NO2P/c1-6-12-16(19-5)15(2)20(17-3)14-11-9-7-8-10-13-18-4/h6-7,9-14,17H,1-2,8H2,3-5H3/b9-7-,13-10+,14-11+,16-12+. The number of ether oxygens (including phenoxy) is 2. The Morgan fingerprint density at radius 1 is 1.25 bits per heavy atom. The van der Waals surface area contributed by atoms with Crippen LogP contribution in [0.3, 0.4) is 0 Å². The van der Waals surface area contributed by atoms with Gasteiger partial charge in [-0.3, -0.25) is 5.09 Å². The second-order valence-electron chi connectivity index (χ2n) is 3.62. The molecule has 0 aliphatic carbocycles. The van der Waals surface area contributed by atoms with Crippen LogP contribution in [0.1, 0.15) is 6.42 Å².